The normalized spacial score (nSPS) is 46.5. The summed E-state index contributed by atoms with van der Waals surface area (Å²) in [7, 11) is 0. The zero-order valence-electron chi connectivity index (χ0n) is 11.4. The predicted molar refractivity (Wildman–Crippen MR) is 71.2 cm³/mol. The minimum Gasteiger partial charge on any atom is -0.266 e. The Bertz CT molecular complexity index is 408. The summed E-state index contributed by atoms with van der Waals surface area (Å²) in [4.78, 5) is 0. The molecule has 0 amide bonds. The van der Waals surface area contributed by atoms with Crippen molar-refractivity contribution in [3.63, 3.8) is 0 Å². The summed E-state index contributed by atoms with van der Waals surface area (Å²) in [6.45, 7) is 0. The number of hydrogen-bond donors (Lipinski definition) is 1. The average Bonchev–Trinajstić information content (AvgIpc) is 2.48. The first-order valence-corrected chi connectivity index (χ1v) is 7.57. The van der Waals surface area contributed by atoms with Crippen molar-refractivity contribution in [2.24, 2.45) is 17.7 Å². The molecule has 0 aromatic rings. The molecule has 0 radical (unpaired) electrons. The Morgan fingerprint density at radius 1 is 0.895 bits per heavy atom. The minimum atomic E-state index is -0.582. The molecule has 3 fully saturated rings. The number of nitriles is 2. The van der Waals surface area contributed by atoms with Crippen molar-refractivity contribution in [2.45, 2.75) is 68.9 Å². The second-order valence-electron chi connectivity index (χ2n) is 6.56. The number of rotatable bonds is 0. The first-order chi connectivity index (χ1) is 9.19. The lowest BCUT2D eigenvalue weighted by Crippen LogP contribution is -2.73. The largest absolute Gasteiger partial charge is 0.266 e. The summed E-state index contributed by atoms with van der Waals surface area (Å²) in [5, 5.41) is 21.3. The molecule has 0 aromatic heterocycles. The van der Waals surface area contributed by atoms with Crippen LogP contribution in [0.5, 0.6) is 0 Å². The third-order valence-electron chi connectivity index (χ3n) is 5.89. The van der Waals surface area contributed by atoms with Crippen molar-refractivity contribution in [1.82, 2.24) is 5.01 Å². The fourth-order valence-electron chi connectivity index (χ4n) is 4.82. The molecule has 4 atom stereocenters. The van der Waals surface area contributed by atoms with Gasteiger partial charge in [-0.25, -0.2) is 5.01 Å². The van der Waals surface area contributed by atoms with Gasteiger partial charge in [-0.15, -0.1) is 0 Å². The van der Waals surface area contributed by atoms with Gasteiger partial charge < -0.3 is 0 Å². The Hall–Kier alpha value is -1.10. The number of hydrogen-bond acceptors (Lipinski definition) is 4. The van der Waals surface area contributed by atoms with Gasteiger partial charge in [0.15, 0.2) is 0 Å². The fourth-order valence-corrected chi connectivity index (χ4v) is 4.82. The molecule has 1 aliphatic heterocycles. The SMILES string of the molecule is N#C[C@]12CCCC[C@@H]1C[C@@H]1CCCC[C@]1(C#N)N2N. The van der Waals surface area contributed by atoms with Crippen LogP contribution in [0.4, 0.5) is 0 Å². The molecular formula is C15H22N4. The smallest absolute Gasteiger partial charge is 0.126 e. The number of hydrazine groups is 1. The molecule has 1 saturated heterocycles. The molecule has 102 valence electrons. The van der Waals surface area contributed by atoms with E-state index in [1.165, 1.54) is 12.8 Å². The molecule has 3 rings (SSSR count). The van der Waals surface area contributed by atoms with Crippen LogP contribution < -0.4 is 5.84 Å². The monoisotopic (exact) mass is 258 g/mol. The highest BCUT2D eigenvalue weighted by Gasteiger charge is 2.61. The highest BCUT2D eigenvalue weighted by atomic mass is 15.5. The fraction of sp³-hybridized carbons (Fsp3) is 0.867. The van der Waals surface area contributed by atoms with E-state index in [4.69, 9.17) is 5.84 Å². The molecule has 19 heavy (non-hydrogen) atoms. The molecule has 0 unspecified atom stereocenters. The minimum absolute atomic E-state index is 0.362. The van der Waals surface area contributed by atoms with E-state index in [9.17, 15) is 10.5 Å². The molecule has 4 nitrogen and oxygen atoms in total. The first-order valence-electron chi connectivity index (χ1n) is 7.57. The van der Waals surface area contributed by atoms with Crippen molar-refractivity contribution in [3.8, 4) is 12.1 Å². The van der Waals surface area contributed by atoms with Crippen molar-refractivity contribution >= 4 is 0 Å². The Balaban J connectivity index is 2.04. The van der Waals surface area contributed by atoms with Gasteiger partial charge in [-0.3, -0.25) is 5.84 Å². The standard InChI is InChI=1S/C15H22N4/c16-10-14-7-3-1-5-12(14)9-13-6-2-4-8-15(13,11-17)19(14)18/h12-13H,1-9,18H2/t12-,13+,14-,15-/m1/s1. The molecule has 0 spiro atoms. The maximum atomic E-state index is 9.77. The zero-order chi connectivity index (χ0) is 13.5. The second-order valence-corrected chi connectivity index (χ2v) is 6.56. The van der Waals surface area contributed by atoms with Gasteiger partial charge in [-0.1, -0.05) is 25.7 Å². The van der Waals surface area contributed by atoms with E-state index in [2.05, 4.69) is 12.1 Å². The Morgan fingerprint density at radius 3 is 1.79 bits per heavy atom. The summed E-state index contributed by atoms with van der Waals surface area (Å²) in [5.74, 6) is 7.15. The van der Waals surface area contributed by atoms with Gasteiger partial charge >= 0.3 is 0 Å². The van der Waals surface area contributed by atoms with E-state index in [1.807, 2.05) is 0 Å². The van der Waals surface area contributed by atoms with E-state index in [0.29, 0.717) is 11.8 Å². The molecule has 2 aliphatic carbocycles. The Kier molecular flexibility index (Phi) is 3.04. The Labute approximate surface area is 115 Å². The Morgan fingerprint density at radius 2 is 1.37 bits per heavy atom. The van der Waals surface area contributed by atoms with Crippen LogP contribution in [0.25, 0.3) is 0 Å². The highest BCUT2D eigenvalue weighted by molar-refractivity contribution is 5.26. The number of fused-ring (bicyclic) bond motifs is 2. The third-order valence-corrected chi connectivity index (χ3v) is 5.89. The van der Waals surface area contributed by atoms with Crippen LogP contribution in [-0.4, -0.2) is 16.1 Å². The lowest BCUT2D eigenvalue weighted by atomic mass is 9.58. The van der Waals surface area contributed by atoms with Crippen LogP contribution >= 0.6 is 0 Å². The van der Waals surface area contributed by atoms with E-state index in [1.54, 1.807) is 5.01 Å². The lowest BCUT2D eigenvalue weighted by molar-refractivity contribution is -0.113. The molecule has 0 aromatic carbocycles. The summed E-state index contributed by atoms with van der Waals surface area (Å²) in [6, 6.07) is 5.02. The lowest BCUT2D eigenvalue weighted by Gasteiger charge is -2.59. The van der Waals surface area contributed by atoms with E-state index in [0.717, 1.165) is 44.9 Å². The summed E-state index contributed by atoms with van der Waals surface area (Å²) >= 11 is 0. The van der Waals surface area contributed by atoms with Crippen LogP contribution in [0.15, 0.2) is 0 Å². The maximum absolute atomic E-state index is 9.77. The molecule has 2 saturated carbocycles. The van der Waals surface area contributed by atoms with E-state index >= 15 is 0 Å². The summed E-state index contributed by atoms with van der Waals surface area (Å²) < 4.78 is 0. The van der Waals surface area contributed by atoms with Crippen molar-refractivity contribution in [2.75, 3.05) is 0 Å². The molecule has 4 heteroatoms. The van der Waals surface area contributed by atoms with Crippen LogP contribution in [-0.2, 0) is 0 Å². The molecular weight excluding hydrogens is 236 g/mol. The van der Waals surface area contributed by atoms with Crippen molar-refractivity contribution in [3.05, 3.63) is 0 Å². The third kappa shape index (κ3) is 1.57. The van der Waals surface area contributed by atoms with Gasteiger partial charge in [-0.2, -0.15) is 10.5 Å². The summed E-state index contributed by atoms with van der Waals surface area (Å²) in [6.07, 6.45) is 9.41. The highest BCUT2D eigenvalue weighted by Crippen LogP contribution is 2.54. The molecule has 3 aliphatic rings. The van der Waals surface area contributed by atoms with Crippen LogP contribution in [0, 0.1) is 34.5 Å². The van der Waals surface area contributed by atoms with Crippen LogP contribution in [0.2, 0.25) is 0 Å². The van der Waals surface area contributed by atoms with E-state index < -0.39 is 11.1 Å². The van der Waals surface area contributed by atoms with Gasteiger partial charge in [0.05, 0.1) is 12.1 Å². The van der Waals surface area contributed by atoms with Gasteiger partial charge in [-0.05, 0) is 43.9 Å². The first kappa shape index (κ1) is 12.9. The van der Waals surface area contributed by atoms with Gasteiger partial charge in [0.1, 0.15) is 11.1 Å². The topological polar surface area (TPSA) is 76.8 Å². The maximum Gasteiger partial charge on any atom is 0.126 e. The quantitative estimate of drug-likeness (QED) is 0.677. The summed E-state index contributed by atoms with van der Waals surface area (Å²) in [5.41, 5.74) is -1.16. The van der Waals surface area contributed by atoms with Gasteiger partial charge in [0, 0.05) is 0 Å². The van der Waals surface area contributed by atoms with Crippen LogP contribution in [0.3, 0.4) is 0 Å². The second kappa shape index (κ2) is 4.47. The molecule has 2 N–H and O–H groups in total. The average molecular weight is 258 g/mol. The molecule has 0 bridgehead atoms. The zero-order valence-corrected chi connectivity index (χ0v) is 11.4. The van der Waals surface area contributed by atoms with Gasteiger partial charge in [0.2, 0.25) is 0 Å². The predicted octanol–water partition coefficient (Wildman–Crippen LogP) is 2.47. The number of nitrogens with two attached hydrogens (primary N) is 1. The number of piperidine rings is 1. The number of nitrogens with zero attached hydrogens (tertiary/aromatic N) is 3. The van der Waals surface area contributed by atoms with Crippen molar-refractivity contribution < 1.29 is 0 Å². The van der Waals surface area contributed by atoms with Crippen LogP contribution in [0.1, 0.15) is 57.8 Å². The molecule has 1 heterocycles. The van der Waals surface area contributed by atoms with Gasteiger partial charge in [0.25, 0.3) is 0 Å². The van der Waals surface area contributed by atoms with Crippen molar-refractivity contribution in [1.29, 1.82) is 10.5 Å². The van der Waals surface area contributed by atoms with E-state index in [-0.39, 0.29) is 0 Å².